The minimum Gasteiger partial charge on any atom is -0.350 e. The number of amides is 1. The number of aromatic nitrogens is 6. The van der Waals surface area contributed by atoms with E-state index in [0.29, 0.717) is 31.0 Å². The van der Waals surface area contributed by atoms with Crippen molar-refractivity contribution in [3.05, 3.63) is 60.4 Å². The van der Waals surface area contributed by atoms with Crippen molar-refractivity contribution in [2.24, 2.45) is 0 Å². The van der Waals surface area contributed by atoms with Gasteiger partial charge in [-0.3, -0.25) is 4.79 Å². The number of imidazole rings is 1. The zero-order valence-electron chi connectivity index (χ0n) is 14.9. The molecular weight excluding hydrogens is 342 g/mol. The predicted octanol–water partition coefficient (Wildman–Crippen LogP) is 2.14. The van der Waals surface area contributed by atoms with Crippen molar-refractivity contribution in [1.82, 2.24) is 35.1 Å². The van der Waals surface area contributed by atoms with Crippen molar-refractivity contribution >= 4 is 16.9 Å². The number of benzene rings is 2. The molecule has 2 aromatic heterocycles. The number of hydrogen-bond donors (Lipinski definition) is 1. The third kappa shape index (κ3) is 3.41. The SMILES string of the molecule is CCn1nnnc1-c1cccc(C(=O)NCCn2cnc3ccccc32)c1. The van der Waals surface area contributed by atoms with E-state index in [9.17, 15) is 4.79 Å². The molecule has 1 N–H and O–H groups in total. The van der Waals surface area contributed by atoms with Crippen molar-refractivity contribution in [1.29, 1.82) is 0 Å². The molecule has 0 fully saturated rings. The number of carbonyl (C=O) groups is 1. The number of aryl methyl sites for hydroxylation is 1. The van der Waals surface area contributed by atoms with E-state index in [1.165, 1.54) is 0 Å². The fourth-order valence-electron chi connectivity index (χ4n) is 3.00. The second-order valence-corrected chi connectivity index (χ2v) is 6.08. The van der Waals surface area contributed by atoms with Crippen molar-refractivity contribution in [2.75, 3.05) is 6.54 Å². The van der Waals surface area contributed by atoms with Gasteiger partial charge in [0.25, 0.3) is 5.91 Å². The first kappa shape index (κ1) is 16.9. The number of fused-ring (bicyclic) bond motifs is 1. The van der Waals surface area contributed by atoms with Crippen LogP contribution in [-0.2, 0) is 13.1 Å². The second-order valence-electron chi connectivity index (χ2n) is 6.08. The van der Waals surface area contributed by atoms with E-state index < -0.39 is 0 Å². The Hall–Kier alpha value is -3.55. The van der Waals surface area contributed by atoms with Crippen LogP contribution in [0.4, 0.5) is 0 Å². The molecule has 4 aromatic rings. The average Bonchev–Trinajstić information content (AvgIpc) is 3.35. The average molecular weight is 361 g/mol. The van der Waals surface area contributed by atoms with Crippen LogP contribution >= 0.6 is 0 Å². The molecule has 0 atom stereocenters. The van der Waals surface area contributed by atoms with Gasteiger partial charge in [-0.15, -0.1) is 5.10 Å². The van der Waals surface area contributed by atoms with Gasteiger partial charge in [0.15, 0.2) is 5.82 Å². The van der Waals surface area contributed by atoms with Crippen molar-refractivity contribution in [2.45, 2.75) is 20.0 Å². The van der Waals surface area contributed by atoms with Crippen LogP contribution in [-0.4, -0.2) is 42.2 Å². The number of tetrazole rings is 1. The largest absolute Gasteiger partial charge is 0.350 e. The molecule has 1 amide bonds. The van der Waals surface area contributed by atoms with Crippen molar-refractivity contribution in [3.8, 4) is 11.4 Å². The summed E-state index contributed by atoms with van der Waals surface area (Å²) in [6, 6.07) is 15.3. The molecule has 0 unspecified atom stereocenters. The molecule has 0 radical (unpaired) electrons. The highest BCUT2D eigenvalue weighted by atomic mass is 16.1. The Bertz CT molecular complexity index is 1080. The van der Waals surface area contributed by atoms with E-state index in [-0.39, 0.29) is 5.91 Å². The van der Waals surface area contributed by atoms with E-state index >= 15 is 0 Å². The summed E-state index contributed by atoms with van der Waals surface area (Å²) >= 11 is 0. The van der Waals surface area contributed by atoms with Crippen LogP contribution < -0.4 is 5.32 Å². The normalized spacial score (nSPS) is 11.0. The number of rotatable bonds is 6. The summed E-state index contributed by atoms with van der Waals surface area (Å²) in [5, 5.41) is 14.6. The van der Waals surface area contributed by atoms with E-state index in [2.05, 4.69) is 25.8 Å². The summed E-state index contributed by atoms with van der Waals surface area (Å²) in [4.78, 5) is 16.9. The van der Waals surface area contributed by atoms with Gasteiger partial charge in [0, 0.05) is 30.8 Å². The fourth-order valence-corrected chi connectivity index (χ4v) is 3.00. The lowest BCUT2D eigenvalue weighted by Gasteiger charge is -2.08. The number of carbonyl (C=O) groups excluding carboxylic acids is 1. The highest BCUT2D eigenvalue weighted by molar-refractivity contribution is 5.95. The molecule has 2 aromatic carbocycles. The predicted molar refractivity (Wildman–Crippen MR) is 101 cm³/mol. The minimum atomic E-state index is -0.128. The topological polar surface area (TPSA) is 90.5 Å². The van der Waals surface area contributed by atoms with Gasteiger partial charge < -0.3 is 9.88 Å². The van der Waals surface area contributed by atoms with Gasteiger partial charge in [-0.1, -0.05) is 24.3 Å². The molecule has 0 saturated carbocycles. The van der Waals surface area contributed by atoms with Crippen LogP contribution in [0.2, 0.25) is 0 Å². The van der Waals surface area contributed by atoms with E-state index in [0.717, 1.165) is 16.6 Å². The van der Waals surface area contributed by atoms with Crippen LogP contribution in [0.15, 0.2) is 54.9 Å². The third-order valence-corrected chi connectivity index (χ3v) is 4.38. The van der Waals surface area contributed by atoms with Gasteiger partial charge in [0.1, 0.15) is 0 Å². The first-order chi connectivity index (χ1) is 13.3. The minimum absolute atomic E-state index is 0.128. The number of hydrogen-bond acceptors (Lipinski definition) is 5. The molecule has 0 aliphatic heterocycles. The fraction of sp³-hybridized carbons (Fsp3) is 0.211. The van der Waals surface area contributed by atoms with Crippen LogP contribution in [0.5, 0.6) is 0 Å². The number of para-hydroxylation sites is 2. The van der Waals surface area contributed by atoms with Gasteiger partial charge in [0.05, 0.1) is 17.4 Å². The van der Waals surface area contributed by atoms with E-state index in [4.69, 9.17) is 0 Å². The lowest BCUT2D eigenvalue weighted by atomic mass is 10.1. The lowest BCUT2D eigenvalue weighted by molar-refractivity contribution is 0.0952. The summed E-state index contributed by atoms with van der Waals surface area (Å²) in [6.07, 6.45) is 1.79. The van der Waals surface area contributed by atoms with Gasteiger partial charge in [-0.05, 0) is 41.6 Å². The van der Waals surface area contributed by atoms with Gasteiger partial charge in [-0.2, -0.15) is 0 Å². The molecule has 8 heteroatoms. The molecule has 0 saturated heterocycles. The molecule has 0 spiro atoms. The molecule has 2 heterocycles. The first-order valence-electron chi connectivity index (χ1n) is 8.81. The molecule has 0 aliphatic carbocycles. The van der Waals surface area contributed by atoms with Gasteiger partial charge >= 0.3 is 0 Å². The summed E-state index contributed by atoms with van der Waals surface area (Å²) < 4.78 is 3.72. The quantitative estimate of drug-likeness (QED) is 0.568. The zero-order chi connectivity index (χ0) is 18.6. The Labute approximate surface area is 155 Å². The molecule has 0 aliphatic rings. The number of nitrogens with zero attached hydrogens (tertiary/aromatic N) is 6. The monoisotopic (exact) mass is 361 g/mol. The Kier molecular flexibility index (Phi) is 4.61. The first-order valence-corrected chi connectivity index (χ1v) is 8.81. The maximum absolute atomic E-state index is 12.5. The number of nitrogens with one attached hydrogen (secondary N) is 1. The van der Waals surface area contributed by atoms with E-state index in [1.807, 2.05) is 47.9 Å². The van der Waals surface area contributed by atoms with Crippen LogP contribution in [0.25, 0.3) is 22.4 Å². The Balaban J connectivity index is 1.43. The molecule has 4 rings (SSSR count). The maximum Gasteiger partial charge on any atom is 0.251 e. The Morgan fingerprint density at radius 2 is 2.04 bits per heavy atom. The standard InChI is InChI=1S/C19H19N7O/c1-2-26-18(22-23-24-26)14-6-5-7-15(12-14)19(27)20-10-11-25-13-21-16-8-3-4-9-17(16)25/h3-9,12-13H,2,10-11H2,1H3,(H,20,27). The van der Waals surface area contributed by atoms with Crippen LogP contribution in [0.3, 0.4) is 0 Å². The molecule has 27 heavy (non-hydrogen) atoms. The van der Waals surface area contributed by atoms with Crippen molar-refractivity contribution < 1.29 is 4.79 Å². The maximum atomic E-state index is 12.5. The summed E-state index contributed by atoms with van der Waals surface area (Å²) in [7, 11) is 0. The summed E-state index contributed by atoms with van der Waals surface area (Å²) in [5.41, 5.74) is 3.40. The highest BCUT2D eigenvalue weighted by Crippen LogP contribution is 2.17. The second kappa shape index (κ2) is 7.36. The molecule has 0 bridgehead atoms. The third-order valence-electron chi connectivity index (χ3n) is 4.38. The highest BCUT2D eigenvalue weighted by Gasteiger charge is 2.11. The Morgan fingerprint density at radius 1 is 1.15 bits per heavy atom. The van der Waals surface area contributed by atoms with Crippen LogP contribution in [0, 0.1) is 0 Å². The summed E-state index contributed by atoms with van der Waals surface area (Å²) in [5.74, 6) is 0.522. The molecular formula is C19H19N7O. The molecule has 8 nitrogen and oxygen atoms in total. The zero-order valence-corrected chi connectivity index (χ0v) is 14.9. The van der Waals surface area contributed by atoms with Gasteiger partial charge in [-0.25, -0.2) is 9.67 Å². The van der Waals surface area contributed by atoms with Crippen LogP contribution in [0.1, 0.15) is 17.3 Å². The van der Waals surface area contributed by atoms with E-state index in [1.54, 1.807) is 23.1 Å². The lowest BCUT2D eigenvalue weighted by Crippen LogP contribution is -2.27. The molecule has 136 valence electrons. The van der Waals surface area contributed by atoms with Gasteiger partial charge in [0.2, 0.25) is 0 Å². The van der Waals surface area contributed by atoms with Crippen molar-refractivity contribution in [3.63, 3.8) is 0 Å². The Morgan fingerprint density at radius 3 is 2.93 bits per heavy atom. The summed E-state index contributed by atoms with van der Waals surface area (Å²) in [6.45, 7) is 3.80. The smallest absolute Gasteiger partial charge is 0.251 e.